The number of hydrogen-bond donors (Lipinski definition) is 2. The van der Waals surface area contributed by atoms with E-state index in [0.29, 0.717) is 25.8 Å². The highest BCUT2D eigenvalue weighted by Gasteiger charge is 2.38. The summed E-state index contributed by atoms with van der Waals surface area (Å²) in [4.78, 5) is 50.4. The molecule has 1 aromatic carbocycles. The van der Waals surface area contributed by atoms with Crippen LogP contribution in [0.25, 0.3) is 0 Å². The first-order valence-corrected chi connectivity index (χ1v) is 9.87. The second-order valence-electron chi connectivity index (χ2n) is 7.62. The minimum atomic E-state index is -0.957. The molecule has 1 fully saturated rings. The average Bonchev–Trinajstić information content (AvgIpc) is 3.19. The Kier molecular flexibility index (Phi) is 8.33. The molecule has 0 aliphatic carbocycles. The zero-order valence-electron chi connectivity index (χ0n) is 16.9. The van der Waals surface area contributed by atoms with Crippen molar-refractivity contribution in [1.29, 1.82) is 0 Å². The summed E-state index contributed by atoms with van der Waals surface area (Å²) in [5.74, 6) is -2.26. The van der Waals surface area contributed by atoms with Crippen molar-refractivity contribution in [2.75, 3.05) is 13.1 Å². The SMILES string of the molecule is CC(C)C[C@H](N)C(=O)NCC(=O)N1CCC[C@H]1C(=O)C(=O)OCc1ccccc1. The van der Waals surface area contributed by atoms with Gasteiger partial charge in [0.2, 0.25) is 11.8 Å². The van der Waals surface area contributed by atoms with E-state index in [2.05, 4.69) is 5.32 Å². The highest BCUT2D eigenvalue weighted by Crippen LogP contribution is 2.19. The molecule has 0 spiro atoms. The fraction of sp³-hybridized carbons (Fsp3) is 0.524. The summed E-state index contributed by atoms with van der Waals surface area (Å²) in [5.41, 5.74) is 6.57. The number of nitrogens with two attached hydrogens (primary N) is 1. The highest BCUT2D eigenvalue weighted by atomic mass is 16.5. The van der Waals surface area contributed by atoms with Crippen molar-refractivity contribution >= 4 is 23.6 Å². The molecule has 0 bridgehead atoms. The monoisotopic (exact) mass is 403 g/mol. The molecule has 0 radical (unpaired) electrons. The normalized spacial score (nSPS) is 17.1. The van der Waals surface area contributed by atoms with Gasteiger partial charge in [-0.2, -0.15) is 0 Å². The second-order valence-corrected chi connectivity index (χ2v) is 7.62. The maximum Gasteiger partial charge on any atom is 0.377 e. The van der Waals surface area contributed by atoms with E-state index < -0.39 is 35.7 Å². The molecule has 0 aromatic heterocycles. The van der Waals surface area contributed by atoms with Gasteiger partial charge in [-0.05, 0) is 30.7 Å². The van der Waals surface area contributed by atoms with E-state index in [-0.39, 0.29) is 19.1 Å². The van der Waals surface area contributed by atoms with Crippen LogP contribution in [0, 0.1) is 5.92 Å². The van der Waals surface area contributed by atoms with Crippen LogP contribution in [0.4, 0.5) is 0 Å². The summed E-state index contributed by atoms with van der Waals surface area (Å²) in [6, 6.07) is 7.49. The number of ketones is 1. The minimum absolute atomic E-state index is 0.00409. The molecule has 8 heteroatoms. The van der Waals surface area contributed by atoms with Gasteiger partial charge >= 0.3 is 5.97 Å². The molecule has 2 rings (SSSR count). The minimum Gasteiger partial charge on any atom is -0.455 e. The van der Waals surface area contributed by atoms with E-state index >= 15 is 0 Å². The molecule has 0 saturated carbocycles. The number of benzene rings is 1. The number of Topliss-reactive ketones (excluding diaryl/α,β-unsaturated/α-hetero) is 1. The summed E-state index contributed by atoms with van der Waals surface area (Å²) in [6.07, 6.45) is 1.51. The van der Waals surface area contributed by atoms with Gasteiger partial charge in [0.15, 0.2) is 0 Å². The fourth-order valence-electron chi connectivity index (χ4n) is 3.28. The van der Waals surface area contributed by atoms with Crippen molar-refractivity contribution in [3.8, 4) is 0 Å². The highest BCUT2D eigenvalue weighted by molar-refractivity contribution is 6.36. The van der Waals surface area contributed by atoms with Gasteiger partial charge in [0.25, 0.3) is 5.78 Å². The van der Waals surface area contributed by atoms with Crippen molar-refractivity contribution in [3.63, 3.8) is 0 Å². The first kappa shape index (κ1) is 22.5. The Morgan fingerprint density at radius 1 is 1.21 bits per heavy atom. The molecule has 1 aliphatic heterocycles. The van der Waals surface area contributed by atoms with E-state index in [1.807, 2.05) is 32.0 Å². The van der Waals surface area contributed by atoms with Crippen LogP contribution in [0.2, 0.25) is 0 Å². The zero-order valence-corrected chi connectivity index (χ0v) is 16.9. The smallest absolute Gasteiger partial charge is 0.377 e. The lowest BCUT2D eigenvalue weighted by Gasteiger charge is -2.23. The Hall–Kier alpha value is -2.74. The summed E-state index contributed by atoms with van der Waals surface area (Å²) >= 11 is 0. The van der Waals surface area contributed by atoms with Crippen LogP contribution in [-0.2, 0) is 30.5 Å². The number of ether oxygens (including phenoxy) is 1. The Labute approximate surface area is 170 Å². The van der Waals surface area contributed by atoms with Crippen LogP contribution in [0.1, 0.15) is 38.7 Å². The molecular formula is C21H29N3O5. The third kappa shape index (κ3) is 6.67. The number of nitrogens with one attached hydrogen (secondary N) is 1. The van der Waals surface area contributed by atoms with Gasteiger partial charge in [-0.3, -0.25) is 14.4 Å². The van der Waals surface area contributed by atoms with Crippen LogP contribution in [0.15, 0.2) is 30.3 Å². The Balaban J connectivity index is 1.85. The van der Waals surface area contributed by atoms with Crippen molar-refractivity contribution in [2.45, 2.75) is 51.8 Å². The zero-order chi connectivity index (χ0) is 21.4. The van der Waals surface area contributed by atoms with Crippen LogP contribution < -0.4 is 11.1 Å². The molecule has 2 amide bonds. The molecule has 1 saturated heterocycles. The third-order valence-corrected chi connectivity index (χ3v) is 4.77. The lowest BCUT2D eigenvalue weighted by atomic mass is 10.0. The van der Waals surface area contributed by atoms with Gasteiger partial charge in [0, 0.05) is 6.54 Å². The topological polar surface area (TPSA) is 119 Å². The number of hydrogen-bond acceptors (Lipinski definition) is 6. The summed E-state index contributed by atoms with van der Waals surface area (Å²) < 4.78 is 5.08. The number of likely N-dealkylation sites (tertiary alicyclic amines) is 1. The van der Waals surface area contributed by atoms with Crippen LogP contribution in [-0.4, -0.2) is 53.6 Å². The number of amides is 2. The molecule has 158 valence electrons. The summed E-state index contributed by atoms with van der Waals surface area (Å²) in [6.45, 7) is 4.00. The van der Waals surface area contributed by atoms with E-state index in [1.54, 1.807) is 12.1 Å². The van der Waals surface area contributed by atoms with Crippen LogP contribution in [0.3, 0.4) is 0 Å². The van der Waals surface area contributed by atoms with E-state index in [4.69, 9.17) is 10.5 Å². The van der Waals surface area contributed by atoms with Gasteiger partial charge in [-0.25, -0.2) is 4.79 Å². The van der Waals surface area contributed by atoms with Crippen molar-refractivity contribution in [1.82, 2.24) is 10.2 Å². The Bertz CT molecular complexity index is 735. The lowest BCUT2D eigenvalue weighted by Crippen LogP contribution is -2.49. The van der Waals surface area contributed by atoms with Crippen molar-refractivity contribution < 1.29 is 23.9 Å². The molecule has 1 aromatic rings. The second kappa shape index (κ2) is 10.7. The first-order valence-electron chi connectivity index (χ1n) is 9.87. The Morgan fingerprint density at radius 2 is 1.90 bits per heavy atom. The number of nitrogens with zero attached hydrogens (tertiary/aromatic N) is 1. The molecule has 1 heterocycles. The third-order valence-electron chi connectivity index (χ3n) is 4.77. The standard InChI is InChI=1S/C21H29N3O5/c1-14(2)11-16(22)20(27)23-12-18(25)24-10-6-9-17(24)19(26)21(28)29-13-15-7-4-3-5-8-15/h3-5,7-8,14,16-17H,6,9-13,22H2,1-2H3,(H,23,27)/t16-,17-/m0/s1. The van der Waals surface area contributed by atoms with E-state index in [9.17, 15) is 19.2 Å². The van der Waals surface area contributed by atoms with Crippen molar-refractivity contribution in [2.24, 2.45) is 11.7 Å². The molecule has 8 nitrogen and oxygen atoms in total. The molecule has 3 N–H and O–H groups in total. The maximum absolute atomic E-state index is 12.5. The predicted molar refractivity (Wildman–Crippen MR) is 106 cm³/mol. The van der Waals surface area contributed by atoms with Crippen LogP contribution >= 0.6 is 0 Å². The largest absolute Gasteiger partial charge is 0.455 e. The van der Waals surface area contributed by atoms with Gasteiger partial charge in [-0.15, -0.1) is 0 Å². The first-order chi connectivity index (χ1) is 13.8. The summed E-state index contributed by atoms with van der Waals surface area (Å²) in [5, 5.41) is 2.52. The summed E-state index contributed by atoms with van der Waals surface area (Å²) in [7, 11) is 0. The fourth-order valence-corrected chi connectivity index (χ4v) is 3.28. The predicted octanol–water partition coefficient (Wildman–Crippen LogP) is 0.780. The lowest BCUT2D eigenvalue weighted by molar-refractivity contribution is -0.157. The molecular weight excluding hydrogens is 374 g/mol. The number of carbonyl (C=O) groups is 4. The molecule has 0 unspecified atom stereocenters. The Morgan fingerprint density at radius 3 is 2.55 bits per heavy atom. The number of carbonyl (C=O) groups excluding carboxylic acids is 4. The van der Waals surface area contributed by atoms with Crippen molar-refractivity contribution in [3.05, 3.63) is 35.9 Å². The molecule has 2 atom stereocenters. The van der Waals surface area contributed by atoms with Gasteiger partial charge < -0.3 is 20.7 Å². The molecule has 29 heavy (non-hydrogen) atoms. The quantitative estimate of drug-likeness (QED) is 0.465. The van der Waals surface area contributed by atoms with E-state index in [1.165, 1.54) is 4.90 Å². The van der Waals surface area contributed by atoms with Crippen LogP contribution in [0.5, 0.6) is 0 Å². The average molecular weight is 403 g/mol. The van der Waals surface area contributed by atoms with Gasteiger partial charge in [-0.1, -0.05) is 44.2 Å². The van der Waals surface area contributed by atoms with Gasteiger partial charge in [0.05, 0.1) is 12.6 Å². The molecule has 1 aliphatic rings. The van der Waals surface area contributed by atoms with E-state index in [0.717, 1.165) is 5.56 Å². The van der Waals surface area contributed by atoms with Gasteiger partial charge in [0.1, 0.15) is 12.6 Å². The number of esters is 1. The number of rotatable bonds is 9. The maximum atomic E-state index is 12.5.